The highest BCUT2D eigenvalue weighted by molar-refractivity contribution is 5.76. The first kappa shape index (κ1) is 15.3. The molecule has 0 saturated carbocycles. The zero-order chi connectivity index (χ0) is 17.4. The van der Waals surface area contributed by atoms with Crippen molar-refractivity contribution in [1.29, 1.82) is 0 Å². The fraction of sp³-hybridized carbons (Fsp3) is 0.158. The first-order chi connectivity index (χ1) is 12.1. The van der Waals surface area contributed by atoms with Crippen LogP contribution in [0.25, 0.3) is 22.4 Å². The molecular weight excluding hydrogens is 316 g/mol. The summed E-state index contributed by atoms with van der Waals surface area (Å²) < 4.78 is 6.89. The molecule has 124 valence electrons. The van der Waals surface area contributed by atoms with E-state index in [-0.39, 0.29) is 12.1 Å². The van der Waals surface area contributed by atoms with E-state index in [1.54, 1.807) is 18.4 Å². The highest BCUT2D eigenvalue weighted by atomic mass is 16.3. The lowest BCUT2D eigenvalue weighted by Crippen LogP contribution is -2.24. The number of fused-ring (bicyclic) bond motifs is 1. The van der Waals surface area contributed by atoms with Crippen LogP contribution in [-0.2, 0) is 6.54 Å². The van der Waals surface area contributed by atoms with Gasteiger partial charge in [0.15, 0.2) is 0 Å². The molecule has 6 heteroatoms. The Labute approximate surface area is 143 Å². The lowest BCUT2D eigenvalue weighted by Gasteiger charge is -2.03. The average molecular weight is 332 g/mol. The van der Waals surface area contributed by atoms with E-state index < -0.39 is 0 Å². The van der Waals surface area contributed by atoms with Crippen LogP contribution in [-0.4, -0.2) is 20.0 Å². The Kier molecular flexibility index (Phi) is 3.65. The molecule has 0 radical (unpaired) electrons. The van der Waals surface area contributed by atoms with Gasteiger partial charge in [-0.3, -0.25) is 4.79 Å². The van der Waals surface area contributed by atoms with Crippen molar-refractivity contribution in [3.8, 4) is 11.5 Å². The molecule has 25 heavy (non-hydrogen) atoms. The fourth-order valence-corrected chi connectivity index (χ4v) is 2.84. The molecule has 0 bridgehead atoms. The third-order valence-corrected chi connectivity index (χ3v) is 4.11. The number of hydrogen-bond acceptors (Lipinski definition) is 5. The fourth-order valence-electron chi connectivity index (χ4n) is 2.84. The minimum absolute atomic E-state index is 0.193. The maximum absolute atomic E-state index is 12.5. The highest BCUT2D eigenvalue weighted by Crippen LogP contribution is 2.23. The molecule has 0 aliphatic heterocycles. The standard InChI is InChI=1S/C19H16N4O2/c1-12-7-8-15(13(2)9-12)18-20-14(11-25-18)10-23-19(24)16-5-3-4-6-17(16)21-22-23/h3-9,11H,10H2,1-2H3. The van der Waals surface area contributed by atoms with Gasteiger partial charge in [-0.15, -0.1) is 5.10 Å². The van der Waals surface area contributed by atoms with Gasteiger partial charge in [-0.1, -0.05) is 35.0 Å². The van der Waals surface area contributed by atoms with Crippen LogP contribution in [0.15, 0.2) is 57.9 Å². The Morgan fingerprint density at radius 2 is 1.96 bits per heavy atom. The molecule has 6 nitrogen and oxygen atoms in total. The van der Waals surface area contributed by atoms with E-state index in [4.69, 9.17) is 4.42 Å². The summed E-state index contributed by atoms with van der Waals surface area (Å²) in [5.74, 6) is 0.536. The number of rotatable bonds is 3. The second-order valence-corrected chi connectivity index (χ2v) is 6.03. The lowest BCUT2D eigenvalue weighted by molar-refractivity contribution is 0.562. The van der Waals surface area contributed by atoms with Crippen molar-refractivity contribution in [2.75, 3.05) is 0 Å². The quantitative estimate of drug-likeness (QED) is 0.576. The van der Waals surface area contributed by atoms with Crippen LogP contribution in [0.1, 0.15) is 16.8 Å². The molecule has 0 N–H and O–H groups in total. The van der Waals surface area contributed by atoms with Crippen LogP contribution < -0.4 is 5.56 Å². The predicted molar refractivity (Wildman–Crippen MR) is 94.3 cm³/mol. The van der Waals surface area contributed by atoms with Crippen molar-refractivity contribution in [3.05, 3.63) is 75.9 Å². The summed E-state index contributed by atoms with van der Waals surface area (Å²) in [6, 6.07) is 13.2. The molecule has 0 atom stereocenters. The Hall–Kier alpha value is -3.28. The molecule has 2 aromatic carbocycles. The summed E-state index contributed by atoms with van der Waals surface area (Å²) in [5, 5.41) is 8.60. The predicted octanol–water partition coefficient (Wildman–Crippen LogP) is 3.11. The molecule has 0 aliphatic rings. The maximum atomic E-state index is 12.5. The summed E-state index contributed by atoms with van der Waals surface area (Å²) in [6.07, 6.45) is 1.55. The smallest absolute Gasteiger partial charge is 0.277 e. The normalized spacial score (nSPS) is 11.1. The zero-order valence-corrected chi connectivity index (χ0v) is 13.9. The minimum atomic E-state index is -0.193. The van der Waals surface area contributed by atoms with Gasteiger partial charge in [-0.2, -0.15) is 0 Å². The average Bonchev–Trinajstić information content (AvgIpc) is 3.06. The van der Waals surface area contributed by atoms with Crippen LogP contribution in [0.3, 0.4) is 0 Å². The van der Waals surface area contributed by atoms with Gasteiger partial charge in [0.25, 0.3) is 5.56 Å². The number of benzene rings is 2. The first-order valence-electron chi connectivity index (χ1n) is 7.96. The van der Waals surface area contributed by atoms with E-state index in [1.807, 2.05) is 38.1 Å². The number of hydrogen-bond donors (Lipinski definition) is 0. The summed E-state index contributed by atoms with van der Waals surface area (Å²) in [4.78, 5) is 17.0. The second kappa shape index (κ2) is 5.98. The van der Waals surface area contributed by atoms with Crippen molar-refractivity contribution in [2.24, 2.45) is 0 Å². The molecule has 4 aromatic rings. The summed E-state index contributed by atoms with van der Waals surface area (Å²) in [5.41, 5.74) is 4.24. The van der Waals surface area contributed by atoms with Crippen LogP contribution in [0.2, 0.25) is 0 Å². The topological polar surface area (TPSA) is 73.8 Å². The van der Waals surface area contributed by atoms with Gasteiger partial charge in [0.1, 0.15) is 17.5 Å². The van der Waals surface area contributed by atoms with Crippen molar-refractivity contribution in [1.82, 2.24) is 20.0 Å². The first-order valence-corrected chi connectivity index (χ1v) is 7.96. The monoisotopic (exact) mass is 332 g/mol. The van der Waals surface area contributed by atoms with Crippen LogP contribution in [0.4, 0.5) is 0 Å². The van der Waals surface area contributed by atoms with E-state index in [2.05, 4.69) is 21.4 Å². The number of nitrogens with zero attached hydrogens (tertiary/aromatic N) is 4. The van der Waals surface area contributed by atoms with Crippen molar-refractivity contribution < 1.29 is 4.42 Å². The van der Waals surface area contributed by atoms with Gasteiger partial charge in [-0.25, -0.2) is 9.67 Å². The third-order valence-electron chi connectivity index (χ3n) is 4.11. The molecule has 0 fully saturated rings. The van der Waals surface area contributed by atoms with E-state index in [9.17, 15) is 4.79 Å². The molecular formula is C19H16N4O2. The summed E-state index contributed by atoms with van der Waals surface area (Å²) in [6.45, 7) is 4.28. The number of aryl methyl sites for hydroxylation is 2. The maximum Gasteiger partial charge on any atom is 0.277 e. The van der Waals surface area contributed by atoms with Crippen LogP contribution in [0, 0.1) is 13.8 Å². The van der Waals surface area contributed by atoms with Crippen LogP contribution in [0.5, 0.6) is 0 Å². The molecule has 0 amide bonds. The Morgan fingerprint density at radius 3 is 2.80 bits per heavy atom. The van der Waals surface area contributed by atoms with E-state index in [1.165, 1.54) is 10.2 Å². The zero-order valence-electron chi connectivity index (χ0n) is 13.9. The van der Waals surface area contributed by atoms with Gasteiger partial charge in [-0.05, 0) is 37.6 Å². The summed E-state index contributed by atoms with van der Waals surface area (Å²) >= 11 is 0. The Bertz CT molecular complexity index is 1130. The molecule has 0 aliphatic carbocycles. The van der Waals surface area contributed by atoms with E-state index in [0.29, 0.717) is 22.5 Å². The Morgan fingerprint density at radius 1 is 1.12 bits per heavy atom. The lowest BCUT2D eigenvalue weighted by atomic mass is 10.1. The highest BCUT2D eigenvalue weighted by Gasteiger charge is 2.12. The van der Waals surface area contributed by atoms with Gasteiger partial charge in [0.05, 0.1) is 11.9 Å². The van der Waals surface area contributed by atoms with Gasteiger partial charge in [0.2, 0.25) is 5.89 Å². The van der Waals surface area contributed by atoms with E-state index in [0.717, 1.165) is 11.1 Å². The van der Waals surface area contributed by atoms with Crippen molar-refractivity contribution in [2.45, 2.75) is 20.4 Å². The molecule has 0 saturated heterocycles. The number of aromatic nitrogens is 4. The van der Waals surface area contributed by atoms with E-state index >= 15 is 0 Å². The van der Waals surface area contributed by atoms with Crippen molar-refractivity contribution in [3.63, 3.8) is 0 Å². The van der Waals surface area contributed by atoms with Crippen LogP contribution >= 0.6 is 0 Å². The molecule has 0 unspecified atom stereocenters. The summed E-state index contributed by atoms with van der Waals surface area (Å²) in [7, 11) is 0. The largest absolute Gasteiger partial charge is 0.444 e. The molecule has 2 heterocycles. The van der Waals surface area contributed by atoms with Gasteiger partial charge in [0, 0.05) is 5.56 Å². The molecule has 0 spiro atoms. The third kappa shape index (κ3) is 2.82. The van der Waals surface area contributed by atoms with Crippen molar-refractivity contribution >= 4 is 10.9 Å². The second-order valence-electron chi connectivity index (χ2n) is 6.03. The number of oxazole rings is 1. The van der Waals surface area contributed by atoms with Gasteiger partial charge < -0.3 is 4.42 Å². The minimum Gasteiger partial charge on any atom is -0.444 e. The Balaban J connectivity index is 1.68. The van der Waals surface area contributed by atoms with Gasteiger partial charge >= 0.3 is 0 Å². The SMILES string of the molecule is Cc1ccc(-c2nc(Cn3nnc4ccccc4c3=O)co2)c(C)c1. The molecule has 2 aromatic heterocycles. The molecule has 4 rings (SSSR count).